The average Bonchev–Trinajstić information content (AvgIpc) is 2.79. The van der Waals surface area contributed by atoms with Gasteiger partial charge < -0.3 is 12.4 Å². The van der Waals surface area contributed by atoms with E-state index in [9.17, 15) is 0 Å². The first-order valence-corrected chi connectivity index (χ1v) is 8.90. The van der Waals surface area contributed by atoms with Crippen LogP contribution < -0.4 is 17.3 Å². The zero-order chi connectivity index (χ0) is 17.6. The fourth-order valence-corrected chi connectivity index (χ4v) is 4.47. The van der Waals surface area contributed by atoms with Crippen LogP contribution in [0, 0.1) is 41.5 Å². The Morgan fingerprint density at radius 3 is 1.72 bits per heavy atom. The Hall–Kier alpha value is -1.51. The molecule has 0 bridgehead atoms. The molecule has 0 aliphatic carbocycles. The van der Waals surface area contributed by atoms with Crippen molar-refractivity contribution in [2.45, 2.75) is 41.5 Å². The van der Waals surface area contributed by atoms with E-state index in [2.05, 4.69) is 75.3 Å². The summed E-state index contributed by atoms with van der Waals surface area (Å²) < 4.78 is 2.25. The van der Waals surface area contributed by atoms with Gasteiger partial charge in [0.2, 0.25) is 0 Å². The van der Waals surface area contributed by atoms with Crippen molar-refractivity contribution in [3.63, 3.8) is 0 Å². The van der Waals surface area contributed by atoms with Crippen LogP contribution in [-0.2, 0) is 0 Å². The van der Waals surface area contributed by atoms with Gasteiger partial charge in [0.05, 0.1) is 0 Å². The molecule has 0 saturated heterocycles. The molecule has 2 nitrogen and oxygen atoms in total. The van der Waals surface area contributed by atoms with Crippen molar-refractivity contribution in [1.29, 1.82) is 0 Å². The van der Waals surface area contributed by atoms with Gasteiger partial charge in [-0.1, -0.05) is 35.4 Å². The maximum atomic E-state index is 6.85. The van der Waals surface area contributed by atoms with Gasteiger partial charge in [-0.25, -0.2) is 9.48 Å². The lowest BCUT2D eigenvalue weighted by Crippen LogP contribution is -3.00. The molecule has 0 unspecified atom stereocenters. The molecule has 25 heavy (non-hydrogen) atoms. The third kappa shape index (κ3) is 3.56. The van der Waals surface area contributed by atoms with Crippen molar-refractivity contribution in [3.05, 3.63) is 57.6 Å². The highest BCUT2D eigenvalue weighted by atomic mass is 35.5. The van der Waals surface area contributed by atoms with E-state index >= 15 is 0 Å². The molecule has 2 aromatic rings. The molecular formula is C21H26Cl2N2. The van der Waals surface area contributed by atoms with E-state index in [1.54, 1.807) is 0 Å². The molecule has 0 aromatic heterocycles. The summed E-state index contributed by atoms with van der Waals surface area (Å²) in [5, 5.41) is 0.806. The highest BCUT2D eigenvalue weighted by Gasteiger charge is 2.35. The van der Waals surface area contributed by atoms with Gasteiger partial charge in [-0.05, 0) is 63.8 Å². The minimum absolute atomic E-state index is 0. The summed E-state index contributed by atoms with van der Waals surface area (Å²) in [6.07, 6.45) is 0. The maximum absolute atomic E-state index is 6.85. The van der Waals surface area contributed by atoms with Gasteiger partial charge in [0.1, 0.15) is 24.5 Å². The van der Waals surface area contributed by atoms with Crippen molar-refractivity contribution >= 4 is 28.3 Å². The molecule has 0 saturated carbocycles. The molecule has 134 valence electrons. The molecule has 1 aliphatic heterocycles. The Bertz CT molecular complexity index is 807. The van der Waals surface area contributed by atoms with Crippen LogP contribution in [0.1, 0.15) is 33.4 Å². The molecule has 2 aromatic carbocycles. The van der Waals surface area contributed by atoms with Crippen LogP contribution >= 0.6 is 11.6 Å². The Balaban J connectivity index is 0.00000225. The fourth-order valence-electron chi connectivity index (χ4n) is 4.13. The van der Waals surface area contributed by atoms with Crippen molar-refractivity contribution in [2.24, 2.45) is 0 Å². The summed E-state index contributed by atoms with van der Waals surface area (Å²) in [6.45, 7) is 14.8. The van der Waals surface area contributed by atoms with Gasteiger partial charge in [-0.3, -0.25) is 0 Å². The Kier molecular flexibility index (Phi) is 5.86. The maximum Gasteiger partial charge on any atom is 0.355 e. The third-order valence-electron chi connectivity index (χ3n) is 4.80. The van der Waals surface area contributed by atoms with Crippen molar-refractivity contribution < 1.29 is 17.0 Å². The standard InChI is InChI=1S/C21H26ClN2.ClH/c1-13-9-15(3)19(16(4)10-13)23-7-8-24(21(23)22)20-17(5)11-14(2)12-18(20)6;/h9-12H,7-8H2,1-6H3;1H/q+1;/p-1. The second-order valence-electron chi connectivity index (χ2n) is 7.07. The van der Waals surface area contributed by atoms with Crippen LogP contribution in [0.2, 0.25) is 0 Å². The predicted octanol–water partition coefficient (Wildman–Crippen LogP) is 2.30. The minimum Gasteiger partial charge on any atom is -1.00 e. The minimum atomic E-state index is 0. The van der Waals surface area contributed by atoms with Gasteiger partial charge in [0.25, 0.3) is 0 Å². The van der Waals surface area contributed by atoms with Gasteiger partial charge >= 0.3 is 5.29 Å². The van der Waals surface area contributed by atoms with Gasteiger partial charge in [0.15, 0.2) is 0 Å². The molecule has 1 aliphatic rings. The summed E-state index contributed by atoms with van der Waals surface area (Å²) in [5.74, 6) is 0. The van der Waals surface area contributed by atoms with Crippen LogP contribution in [0.4, 0.5) is 11.4 Å². The van der Waals surface area contributed by atoms with E-state index in [0.29, 0.717) is 0 Å². The summed E-state index contributed by atoms with van der Waals surface area (Å²) in [6, 6.07) is 8.93. The van der Waals surface area contributed by atoms with Crippen molar-refractivity contribution in [3.8, 4) is 0 Å². The Morgan fingerprint density at radius 2 is 1.24 bits per heavy atom. The second-order valence-corrected chi connectivity index (χ2v) is 7.41. The SMILES string of the molecule is Cc1cc(C)c(N2CC[N+](c3c(C)cc(C)cc3C)=C2Cl)c(C)c1.[Cl-]. The smallest absolute Gasteiger partial charge is 0.355 e. The van der Waals surface area contributed by atoms with Crippen LogP contribution in [0.15, 0.2) is 24.3 Å². The lowest BCUT2D eigenvalue weighted by molar-refractivity contribution is -0.427. The predicted molar refractivity (Wildman–Crippen MR) is 104 cm³/mol. The fraction of sp³-hybridized carbons (Fsp3) is 0.381. The van der Waals surface area contributed by atoms with Crippen LogP contribution in [0.5, 0.6) is 0 Å². The summed E-state index contributed by atoms with van der Waals surface area (Å²) in [7, 11) is 0. The molecule has 1 heterocycles. The van der Waals surface area contributed by atoms with Gasteiger partial charge in [-0.2, -0.15) is 0 Å². The normalized spacial score (nSPS) is 14.1. The first-order valence-electron chi connectivity index (χ1n) is 8.53. The summed E-state index contributed by atoms with van der Waals surface area (Å²) in [4.78, 5) is 2.25. The molecule has 3 rings (SSSR count). The summed E-state index contributed by atoms with van der Waals surface area (Å²) in [5.41, 5.74) is 10.2. The lowest BCUT2D eigenvalue weighted by Gasteiger charge is -2.15. The molecule has 0 spiro atoms. The largest absolute Gasteiger partial charge is 1.00 e. The molecule has 4 heteroatoms. The van der Waals surface area contributed by atoms with Crippen LogP contribution in [0.3, 0.4) is 0 Å². The average molecular weight is 377 g/mol. The van der Waals surface area contributed by atoms with Crippen molar-refractivity contribution in [2.75, 3.05) is 18.0 Å². The number of aryl methyl sites for hydroxylation is 6. The van der Waals surface area contributed by atoms with E-state index in [1.165, 1.54) is 44.8 Å². The zero-order valence-corrected chi connectivity index (χ0v) is 17.4. The second kappa shape index (κ2) is 7.39. The van der Waals surface area contributed by atoms with E-state index in [1.807, 2.05) is 0 Å². The highest BCUT2D eigenvalue weighted by molar-refractivity contribution is 6.66. The highest BCUT2D eigenvalue weighted by Crippen LogP contribution is 2.33. The zero-order valence-electron chi connectivity index (χ0n) is 15.9. The number of rotatable bonds is 2. The van der Waals surface area contributed by atoms with E-state index in [-0.39, 0.29) is 12.4 Å². The van der Waals surface area contributed by atoms with Crippen molar-refractivity contribution in [1.82, 2.24) is 0 Å². The molecule has 0 amide bonds. The molecule has 0 radical (unpaired) electrons. The number of hydrogen-bond donors (Lipinski definition) is 0. The molecule has 0 fully saturated rings. The number of nitrogens with zero attached hydrogens (tertiary/aromatic N) is 2. The van der Waals surface area contributed by atoms with E-state index in [0.717, 1.165) is 18.4 Å². The summed E-state index contributed by atoms with van der Waals surface area (Å²) >= 11 is 6.85. The molecule has 0 atom stereocenters. The Labute approximate surface area is 162 Å². The van der Waals surface area contributed by atoms with Gasteiger partial charge in [0, 0.05) is 11.6 Å². The topological polar surface area (TPSA) is 6.25 Å². The number of halogens is 2. The Morgan fingerprint density at radius 1 is 0.800 bits per heavy atom. The number of anilines is 1. The first-order chi connectivity index (χ1) is 11.3. The van der Waals surface area contributed by atoms with E-state index in [4.69, 9.17) is 11.6 Å². The number of benzene rings is 2. The quantitative estimate of drug-likeness (QED) is 0.575. The number of amidine groups is 1. The number of hydrogen-bond acceptors (Lipinski definition) is 1. The van der Waals surface area contributed by atoms with E-state index < -0.39 is 0 Å². The van der Waals surface area contributed by atoms with Crippen LogP contribution in [0.25, 0.3) is 0 Å². The lowest BCUT2D eigenvalue weighted by atomic mass is 10.0. The van der Waals surface area contributed by atoms with Crippen LogP contribution in [-0.4, -0.2) is 23.0 Å². The molecule has 0 N–H and O–H groups in total. The van der Waals surface area contributed by atoms with Gasteiger partial charge in [-0.15, -0.1) is 0 Å². The third-order valence-corrected chi connectivity index (χ3v) is 5.21. The molecular weight excluding hydrogens is 351 g/mol. The monoisotopic (exact) mass is 376 g/mol. The first kappa shape index (κ1) is 19.8.